The lowest BCUT2D eigenvalue weighted by atomic mass is 10.2. The number of nitrogens with zero attached hydrogens (tertiary/aromatic N) is 1. The minimum Gasteiger partial charge on any atom is -0.466 e. The Labute approximate surface area is 164 Å². The number of carbonyl (C=O) groups excluding carboxylic acids is 2. The van der Waals surface area contributed by atoms with Gasteiger partial charge in [0.2, 0.25) is 0 Å². The summed E-state index contributed by atoms with van der Waals surface area (Å²) in [5.74, 6) is -1.05. The Morgan fingerprint density at radius 3 is 2.46 bits per heavy atom. The van der Waals surface area contributed by atoms with E-state index in [1.54, 1.807) is 12.1 Å². The van der Waals surface area contributed by atoms with Gasteiger partial charge in [-0.3, -0.25) is 4.79 Å². The number of β-amino-alcohol motifs (C(OH)–C–C–N with tert-alkyl or cyclic N) is 1. The molecule has 1 aliphatic heterocycles. The molecule has 0 atom stereocenters. The molecule has 1 saturated carbocycles. The number of anilines is 1. The zero-order valence-corrected chi connectivity index (χ0v) is 16.5. The molecule has 1 aromatic carbocycles. The third-order valence-corrected chi connectivity index (χ3v) is 7.43. The Bertz CT molecular complexity index is 886. The third-order valence-electron chi connectivity index (χ3n) is 5.15. The summed E-state index contributed by atoms with van der Waals surface area (Å²) in [7, 11) is -2.12. The van der Waals surface area contributed by atoms with Crippen molar-refractivity contribution in [3.8, 4) is 0 Å². The monoisotopic (exact) mass is 408 g/mol. The zero-order valence-electron chi connectivity index (χ0n) is 15.7. The second kappa shape index (κ2) is 8.32. The first-order valence-corrected chi connectivity index (χ1v) is 10.8. The Hall–Kier alpha value is -2.39. The van der Waals surface area contributed by atoms with Gasteiger partial charge in [0.15, 0.2) is 9.84 Å². The van der Waals surface area contributed by atoms with Crippen LogP contribution in [0.15, 0.2) is 40.4 Å². The number of methoxy groups -OCH3 is 1. The average molecular weight is 408 g/mol. The topological polar surface area (TPSA) is 113 Å². The van der Waals surface area contributed by atoms with Crippen molar-refractivity contribution in [3.05, 3.63) is 35.5 Å². The van der Waals surface area contributed by atoms with Gasteiger partial charge in [-0.25, -0.2) is 13.2 Å². The van der Waals surface area contributed by atoms with Crippen LogP contribution in [-0.4, -0.2) is 62.4 Å². The van der Waals surface area contributed by atoms with Gasteiger partial charge in [0.25, 0.3) is 5.91 Å². The molecular weight excluding hydrogens is 384 g/mol. The molecule has 8 nitrogen and oxygen atoms in total. The maximum atomic E-state index is 12.7. The fourth-order valence-electron chi connectivity index (χ4n) is 3.61. The van der Waals surface area contributed by atoms with Crippen molar-refractivity contribution in [2.24, 2.45) is 0 Å². The average Bonchev–Trinajstić information content (AvgIpc) is 3.33. The van der Waals surface area contributed by atoms with Crippen molar-refractivity contribution < 1.29 is 27.9 Å². The van der Waals surface area contributed by atoms with E-state index in [1.165, 1.54) is 24.1 Å². The summed E-state index contributed by atoms with van der Waals surface area (Å²) < 4.78 is 30.1. The summed E-state index contributed by atoms with van der Waals surface area (Å²) in [6.07, 6.45) is 3.24. The van der Waals surface area contributed by atoms with E-state index in [4.69, 9.17) is 9.84 Å². The molecule has 0 aromatic heterocycles. The van der Waals surface area contributed by atoms with Crippen molar-refractivity contribution in [3.63, 3.8) is 0 Å². The minimum absolute atomic E-state index is 0.0442. The maximum Gasteiger partial charge on any atom is 0.337 e. The predicted octanol–water partition coefficient (Wildman–Crippen LogP) is 1.08. The SMILES string of the molecule is COC(=O)C1=C(Nc2ccc(S(=O)(=O)C3CCCC3)cc2)C(=O)N(CCO)C1. The number of hydrogen-bond donors (Lipinski definition) is 2. The Balaban J connectivity index is 1.82. The first kappa shape index (κ1) is 20.3. The predicted molar refractivity (Wildman–Crippen MR) is 102 cm³/mol. The molecule has 0 unspecified atom stereocenters. The zero-order chi connectivity index (χ0) is 20.3. The Morgan fingerprint density at radius 1 is 1.25 bits per heavy atom. The number of aliphatic hydroxyl groups is 1. The largest absolute Gasteiger partial charge is 0.466 e. The molecule has 9 heteroatoms. The number of esters is 1. The molecule has 1 amide bonds. The number of sulfone groups is 1. The fraction of sp³-hybridized carbons (Fsp3) is 0.474. The van der Waals surface area contributed by atoms with Gasteiger partial charge < -0.3 is 20.1 Å². The summed E-state index contributed by atoms with van der Waals surface area (Å²) in [5.41, 5.74) is 0.733. The second-order valence-electron chi connectivity index (χ2n) is 6.90. The van der Waals surface area contributed by atoms with E-state index in [1.807, 2.05) is 0 Å². The summed E-state index contributed by atoms with van der Waals surface area (Å²) in [5, 5.41) is 11.7. The van der Waals surface area contributed by atoms with Crippen LogP contribution < -0.4 is 5.32 Å². The molecule has 1 aromatic rings. The number of nitrogens with one attached hydrogen (secondary N) is 1. The van der Waals surface area contributed by atoms with Crippen LogP contribution in [0.1, 0.15) is 25.7 Å². The lowest BCUT2D eigenvalue weighted by molar-refractivity contribution is -0.136. The van der Waals surface area contributed by atoms with E-state index in [0.29, 0.717) is 18.5 Å². The molecule has 1 fully saturated rings. The van der Waals surface area contributed by atoms with E-state index < -0.39 is 21.7 Å². The van der Waals surface area contributed by atoms with Crippen LogP contribution in [0.2, 0.25) is 0 Å². The highest BCUT2D eigenvalue weighted by Gasteiger charge is 2.34. The lowest BCUT2D eigenvalue weighted by Gasteiger charge is -2.15. The van der Waals surface area contributed by atoms with Crippen LogP contribution in [0.5, 0.6) is 0 Å². The summed E-state index contributed by atoms with van der Waals surface area (Å²) in [6.45, 7) is -0.0766. The normalized spacial score (nSPS) is 18.1. The highest BCUT2D eigenvalue weighted by atomic mass is 32.2. The molecule has 0 saturated heterocycles. The number of amides is 1. The van der Waals surface area contributed by atoms with E-state index in [2.05, 4.69) is 5.32 Å². The summed E-state index contributed by atoms with van der Waals surface area (Å²) in [6, 6.07) is 6.18. The van der Waals surface area contributed by atoms with Crippen LogP contribution in [0.25, 0.3) is 0 Å². The van der Waals surface area contributed by atoms with Gasteiger partial charge in [0.1, 0.15) is 5.70 Å². The summed E-state index contributed by atoms with van der Waals surface area (Å²) in [4.78, 5) is 26.1. The molecule has 0 spiro atoms. The molecule has 0 radical (unpaired) electrons. The number of hydrogen-bond acceptors (Lipinski definition) is 7. The van der Waals surface area contributed by atoms with Crippen LogP contribution >= 0.6 is 0 Å². The van der Waals surface area contributed by atoms with Gasteiger partial charge in [-0.1, -0.05) is 12.8 Å². The number of rotatable bonds is 7. The number of benzene rings is 1. The molecular formula is C19H24N2O6S. The molecule has 28 heavy (non-hydrogen) atoms. The highest BCUT2D eigenvalue weighted by molar-refractivity contribution is 7.92. The molecule has 152 valence electrons. The van der Waals surface area contributed by atoms with Crippen molar-refractivity contribution in [2.75, 3.05) is 32.1 Å². The summed E-state index contributed by atoms with van der Waals surface area (Å²) >= 11 is 0. The third kappa shape index (κ3) is 3.90. The standard InChI is InChI=1S/C19H24N2O6S/c1-27-19(24)16-12-21(10-11-22)18(23)17(16)20-13-6-8-15(9-7-13)28(25,26)14-4-2-3-5-14/h6-9,14,20,22H,2-5,10-12H2,1H3. The van der Waals surface area contributed by atoms with Crippen LogP contribution in [-0.2, 0) is 24.2 Å². The quantitative estimate of drug-likeness (QED) is 0.649. The maximum absolute atomic E-state index is 12.7. The number of aliphatic hydroxyl groups excluding tert-OH is 1. The van der Waals surface area contributed by atoms with Gasteiger partial charge in [-0.15, -0.1) is 0 Å². The molecule has 2 N–H and O–H groups in total. The van der Waals surface area contributed by atoms with Crippen molar-refractivity contribution in [1.29, 1.82) is 0 Å². The first-order chi connectivity index (χ1) is 13.4. The fourth-order valence-corrected chi connectivity index (χ4v) is 5.47. The van der Waals surface area contributed by atoms with Gasteiger partial charge in [-0.05, 0) is 37.1 Å². The molecule has 1 aliphatic carbocycles. The molecule has 0 bridgehead atoms. The highest BCUT2D eigenvalue weighted by Crippen LogP contribution is 2.30. The smallest absolute Gasteiger partial charge is 0.337 e. The van der Waals surface area contributed by atoms with Crippen molar-refractivity contribution in [1.82, 2.24) is 4.90 Å². The van der Waals surface area contributed by atoms with Gasteiger partial charge in [-0.2, -0.15) is 0 Å². The Kier molecular flexibility index (Phi) is 6.04. The van der Waals surface area contributed by atoms with Crippen molar-refractivity contribution in [2.45, 2.75) is 35.8 Å². The van der Waals surface area contributed by atoms with Crippen LogP contribution in [0.4, 0.5) is 5.69 Å². The van der Waals surface area contributed by atoms with E-state index in [9.17, 15) is 18.0 Å². The second-order valence-corrected chi connectivity index (χ2v) is 9.12. The van der Waals surface area contributed by atoms with E-state index in [0.717, 1.165) is 12.8 Å². The van der Waals surface area contributed by atoms with Gasteiger partial charge in [0.05, 0.1) is 36.0 Å². The molecule has 3 rings (SSSR count). The van der Waals surface area contributed by atoms with Gasteiger partial charge in [0, 0.05) is 12.2 Å². The lowest BCUT2D eigenvalue weighted by Crippen LogP contribution is -2.31. The number of ether oxygens (including phenoxy) is 1. The van der Waals surface area contributed by atoms with Gasteiger partial charge >= 0.3 is 5.97 Å². The van der Waals surface area contributed by atoms with Crippen LogP contribution in [0.3, 0.4) is 0 Å². The Morgan fingerprint density at radius 2 is 1.89 bits per heavy atom. The molecule has 2 aliphatic rings. The number of carbonyl (C=O) groups is 2. The minimum atomic E-state index is -3.35. The molecule has 1 heterocycles. The van der Waals surface area contributed by atoms with E-state index >= 15 is 0 Å². The van der Waals surface area contributed by atoms with Crippen molar-refractivity contribution >= 4 is 27.4 Å². The van der Waals surface area contributed by atoms with E-state index in [-0.39, 0.29) is 41.1 Å². The first-order valence-electron chi connectivity index (χ1n) is 9.21. The van der Waals surface area contributed by atoms with Crippen LogP contribution in [0, 0.1) is 0 Å².